The molecule has 33 heavy (non-hydrogen) atoms. The van der Waals surface area contributed by atoms with Crippen LogP contribution in [0.1, 0.15) is 43.6 Å². The van der Waals surface area contributed by atoms with Gasteiger partial charge in [0.15, 0.2) is 11.5 Å². The van der Waals surface area contributed by atoms with Crippen LogP contribution < -0.4 is 14.5 Å². The summed E-state index contributed by atoms with van der Waals surface area (Å²) in [7, 11) is 0. The van der Waals surface area contributed by atoms with E-state index in [0.717, 1.165) is 5.56 Å². The Bertz CT molecular complexity index is 1160. The Morgan fingerprint density at radius 2 is 2.00 bits per heavy atom. The quantitative estimate of drug-likeness (QED) is 0.416. The van der Waals surface area contributed by atoms with Crippen LogP contribution >= 0.6 is 27.5 Å². The Balaban J connectivity index is 1.96. The lowest BCUT2D eigenvalue weighted by Crippen LogP contribution is -2.21. The van der Waals surface area contributed by atoms with Gasteiger partial charge in [-0.2, -0.15) is 10.1 Å². The fourth-order valence-electron chi connectivity index (χ4n) is 3.16. The van der Waals surface area contributed by atoms with E-state index in [0.29, 0.717) is 52.1 Å². The molecule has 0 aliphatic carbocycles. The number of carbonyl (C=O) groups excluding carboxylic acids is 1. The summed E-state index contributed by atoms with van der Waals surface area (Å²) >= 11 is 9.50. The average Bonchev–Trinajstić information content (AvgIpc) is 3.01. The Labute approximate surface area is 205 Å². The normalized spacial score (nSPS) is 14.8. The number of halogens is 2. The van der Waals surface area contributed by atoms with Crippen LogP contribution in [-0.2, 0) is 4.79 Å². The summed E-state index contributed by atoms with van der Waals surface area (Å²) in [4.78, 5) is 24.5. The number of hydrazone groups is 1. The predicted octanol–water partition coefficient (Wildman–Crippen LogP) is 6.04. The van der Waals surface area contributed by atoms with E-state index in [-0.39, 0.29) is 16.5 Å². The van der Waals surface area contributed by atoms with Crippen molar-refractivity contribution >= 4 is 56.9 Å². The third-order valence-corrected chi connectivity index (χ3v) is 5.61. The second-order valence-corrected chi connectivity index (χ2v) is 9.06. The molecule has 0 spiro atoms. The van der Waals surface area contributed by atoms with Crippen molar-refractivity contribution < 1.29 is 24.2 Å². The van der Waals surface area contributed by atoms with Gasteiger partial charge >= 0.3 is 5.97 Å². The highest BCUT2D eigenvalue weighted by Gasteiger charge is 2.29. The van der Waals surface area contributed by atoms with E-state index >= 15 is 0 Å². The van der Waals surface area contributed by atoms with E-state index in [1.165, 1.54) is 17.1 Å². The van der Waals surface area contributed by atoms with Crippen LogP contribution in [0, 0.1) is 5.92 Å². The minimum Gasteiger partial charge on any atom is -0.490 e. The van der Waals surface area contributed by atoms with E-state index < -0.39 is 5.97 Å². The van der Waals surface area contributed by atoms with Crippen LogP contribution in [0.5, 0.6) is 11.5 Å². The third kappa shape index (κ3) is 5.57. The maximum Gasteiger partial charge on any atom is 0.337 e. The fraction of sp³-hybridized carbons (Fsp3) is 0.292. The molecule has 1 aliphatic heterocycles. The number of aromatic carboxylic acids is 1. The predicted molar refractivity (Wildman–Crippen MR) is 133 cm³/mol. The van der Waals surface area contributed by atoms with Crippen LogP contribution in [0.25, 0.3) is 6.08 Å². The molecule has 0 aromatic heterocycles. The van der Waals surface area contributed by atoms with Crippen molar-refractivity contribution in [2.45, 2.75) is 27.7 Å². The minimum absolute atomic E-state index is 0.0856. The van der Waals surface area contributed by atoms with Gasteiger partial charge in [0.25, 0.3) is 5.91 Å². The molecular weight excluding hydrogens is 512 g/mol. The first-order chi connectivity index (χ1) is 15.6. The summed E-state index contributed by atoms with van der Waals surface area (Å²) in [6, 6.07) is 7.97. The van der Waals surface area contributed by atoms with Crippen molar-refractivity contribution in [2.75, 3.05) is 18.2 Å². The van der Waals surface area contributed by atoms with Gasteiger partial charge in [-0.1, -0.05) is 25.4 Å². The van der Waals surface area contributed by atoms with E-state index in [2.05, 4.69) is 34.9 Å². The Morgan fingerprint density at radius 1 is 1.27 bits per heavy atom. The van der Waals surface area contributed by atoms with Crippen molar-refractivity contribution in [2.24, 2.45) is 11.0 Å². The van der Waals surface area contributed by atoms with Gasteiger partial charge in [0.1, 0.15) is 0 Å². The van der Waals surface area contributed by atoms with Gasteiger partial charge in [-0.3, -0.25) is 4.79 Å². The molecule has 3 rings (SSSR count). The van der Waals surface area contributed by atoms with Gasteiger partial charge in [-0.25, -0.2) is 4.79 Å². The lowest BCUT2D eigenvalue weighted by Gasteiger charge is -2.16. The first-order valence-electron chi connectivity index (χ1n) is 10.4. The number of nitrogens with zero attached hydrogens (tertiary/aromatic N) is 2. The summed E-state index contributed by atoms with van der Waals surface area (Å²) in [5, 5.41) is 14.9. The summed E-state index contributed by atoms with van der Waals surface area (Å²) in [5.41, 5.74) is 1.82. The molecule has 174 valence electrons. The Morgan fingerprint density at radius 3 is 2.64 bits per heavy atom. The van der Waals surface area contributed by atoms with Crippen LogP contribution in [0.3, 0.4) is 0 Å². The molecule has 1 amide bonds. The van der Waals surface area contributed by atoms with Gasteiger partial charge in [0, 0.05) is 0 Å². The smallest absolute Gasteiger partial charge is 0.337 e. The van der Waals surface area contributed by atoms with Gasteiger partial charge in [0.2, 0.25) is 0 Å². The van der Waals surface area contributed by atoms with Crippen molar-refractivity contribution in [3.63, 3.8) is 0 Å². The summed E-state index contributed by atoms with van der Waals surface area (Å²) in [5.74, 6) is -0.0260. The number of carboxylic acids is 1. The number of carbonyl (C=O) groups is 2. The minimum atomic E-state index is -1.18. The Kier molecular flexibility index (Phi) is 7.81. The molecule has 2 aromatic rings. The van der Waals surface area contributed by atoms with Crippen molar-refractivity contribution in [1.29, 1.82) is 0 Å². The molecule has 0 bridgehead atoms. The van der Waals surface area contributed by atoms with Crippen molar-refractivity contribution in [3.8, 4) is 11.5 Å². The van der Waals surface area contributed by atoms with E-state index in [1.54, 1.807) is 19.1 Å². The molecule has 1 aliphatic rings. The molecule has 0 atom stereocenters. The number of benzene rings is 2. The lowest BCUT2D eigenvalue weighted by molar-refractivity contribution is -0.114. The number of hydrogen-bond acceptors (Lipinski definition) is 5. The van der Waals surface area contributed by atoms with Gasteiger partial charge in [-0.15, -0.1) is 0 Å². The summed E-state index contributed by atoms with van der Waals surface area (Å²) in [6.07, 6.45) is 1.72. The molecule has 7 nitrogen and oxygen atoms in total. The zero-order chi connectivity index (χ0) is 24.3. The van der Waals surface area contributed by atoms with Crippen LogP contribution in [0.2, 0.25) is 5.02 Å². The molecule has 1 heterocycles. The molecule has 0 saturated heterocycles. The zero-order valence-corrected chi connectivity index (χ0v) is 21.0. The molecule has 2 aromatic carbocycles. The monoisotopic (exact) mass is 534 g/mol. The molecule has 9 heteroatoms. The highest BCUT2D eigenvalue weighted by molar-refractivity contribution is 9.10. The largest absolute Gasteiger partial charge is 0.490 e. The SMILES string of the molecule is CCOc1cc(/C=C2\C(=O)N(c3ccc(Cl)c(C(=O)O)c3)N=C2C)cc(Br)c1OCC(C)C. The standard InChI is InChI=1S/C24H24BrClN2O5/c1-5-32-21-10-15(9-19(25)22(21)33-12-13(2)3)8-17-14(4)27-28(23(17)29)16-6-7-20(26)18(11-16)24(30)31/h6-11,13H,5,12H2,1-4H3,(H,30,31)/b17-8-. The zero-order valence-electron chi connectivity index (χ0n) is 18.7. The van der Waals surface area contributed by atoms with Crippen LogP contribution in [0.4, 0.5) is 5.69 Å². The molecule has 0 saturated carbocycles. The number of hydrogen-bond donors (Lipinski definition) is 1. The van der Waals surface area contributed by atoms with Gasteiger partial charge in [0.05, 0.1) is 45.2 Å². The molecule has 0 unspecified atom stereocenters. The van der Waals surface area contributed by atoms with Crippen LogP contribution in [0.15, 0.2) is 45.5 Å². The number of rotatable bonds is 8. The first kappa shape index (κ1) is 24.8. The number of carboxylic acid groups (broad SMARTS) is 1. The molecular formula is C24H24BrClN2O5. The molecule has 1 N–H and O–H groups in total. The fourth-order valence-corrected chi connectivity index (χ4v) is 3.93. The van der Waals surface area contributed by atoms with E-state index in [9.17, 15) is 14.7 Å². The summed E-state index contributed by atoms with van der Waals surface area (Å²) in [6.45, 7) is 8.73. The van der Waals surface area contributed by atoms with Gasteiger partial charge < -0.3 is 14.6 Å². The highest BCUT2D eigenvalue weighted by Crippen LogP contribution is 2.38. The Hall–Kier alpha value is -2.84. The number of anilines is 1. The van der Waals surface area contributed by atoms with E-state index in [1.807, 2.05) is 19.1 Å². The highest BCUT2D eigenvalue weighted by atomic mass is 79.9. The second kappa shape index (κ2) is 10.4. The average molecular weight is 536 g/mol. The number of ether oxygens (including phenoxy) is 2. The second-order valence-electron chi connectivity index (χ2n) is 7.80. The first-order valence-corrected chi connectivity index (χ1v) is 11.5. The maximum absolute atomic E-state index is 13.1. The van der Waals surface area contributed by atoms with Crippen molar-refractivity contribution in [1.82, 2.24) is 0 Å². The van der Waals surface area contributed by atoms with Crippen LogP contribution in [-0.4, -0.2) is 35.9 Å². The van der Waals surface area contributed by atoms with Crippen molar-refractivity contribution in [3.05, 3.63) is 56.5 Å². The molecule has 0 fully saturated rings. The maximum atomic E-state index is 13.1. The molecule has 0 radical (unpaired) electrons. The summed E-state index contributed by atoms with van der Waals surface area (Å²) < 4.78 is 12.4. The number of amides is 1. The van der Waals surface area contributed by atoms with E-state index in [4.69, 9.17) is 21.1 Å². The van der Waals surface area contributed by atoms with Gasteiger partial charge in [-0.05, 0) is 77.7 Å². The topological polar surface area (TPSA) is 88.4 Å². The third-order valence-electron chi connectivity index (χ3n) is 4.69. The lowest BCUT2D eigenvalue weighted by atomic mass is 10.1.